The third-order valence-electron chi connectivity index (χ3n) is 4.09. The zero-order valence-corrected chi connectivity index (χ0v) is 10.6. The zero-order valence-electron chi connectivity index (χ0n) is 10.6. The molecule has 2 aromatic rings. The number of alkyl halides is 4. The van der Waals surface area contributed by atoms with Gasteiger partial charge in [-0.05, 0) is 22.4 Å². The standard InChI is InChI=1S/C15H10F4O2/c16-14(17)8-13(12(20)21,15(14,18)19)11-6-5-9-3-1-2-4-10(9)7-11/h1-7H,8H2,(H,20,21). The van der Waals surface area contributed by atoms with Gasteiger partial charge < -0.3 is 5.11 Å². The minimum Gasteiger partial charge on any atom is -0.480 e. The first kappa shape index (κ1) is 13.9. The highest BCUT2D eigenvalue weighted by molar-refractivity contribution is 5.89. The Bertz CT molecular complexity index is 741. The van der Waals surface area contributed by atoms with Gasteiger partial charge in [0.05, 0.1) is 0 Å². The molecule has 0 amide bonds. The molecule has 21 heavy (non-hydrogen) atoms. The topological polar surface area (TPSA) is 37.3 Å². The summed E-state index contributed by atoms with van der Waals surface area (Å²) in [6.07, 6.45) is -1.40. The van der Waals surface area contributed by atoms with E-state index in [0.717, 1.165) is 5.39 Å². The van der Waals surface area contributed by atoms with Crippen LogP contribution in [0.15, 0.2) is 42.5 Å². The highest BCUT2D eigenvalue weighted by Gasteiger charge is 2.84. The molecule has 0 radical (unpaired) electrons. The monoisotopic (exact) mass is 298 g/mol. The van der Waals surface area contributed by atoms with Gasteiger partial charge in [-0.15, -0.1) is 0 Å². The average molecular weight is 298 g/mol. The molecule has 3 rings (SSSR count). The van der Waals surface area contributed by atoms with Gasteiger partial charge in [0.15, 0.2) is 5.41 Å². The summed E-state index contributed by atoms with van der Waals surface area (Å²) in [7, 11) is 0. The lowest BCUT2D eigenvalue weighted by Gasteiger charge is -2.51. The van der Waals surface area contributed by atoms with Gasteiger partial charge in [0.2, 0.25) is 0 Å². The molecule has 110 valence electrons. The smallest absolute Gasteiger partial charge is 0.330 e. The molecule has 0 bridgehead atoms. The first-order valence-electron chi connectivity index (χ1n) is 6.21. The second-order valence-electron chi connectivity index (χ2n) is 5.23. The maximum atomic E-state index is 13.8. The maximum absolute atomic E-state index is 13.8. The van der Waals surface area contributed by atoms with Gasteiger partial charge in [0, 0.05) is 6.42 Å². The number of benzene rings is 2. The SMILES string of the molecule is O=C(O)C1(c2ccc3ccccc3c2)CC(F)(F)C1(F)F. The van der Waals surface area contributed by atoms with E-state index >= 15 is 0 Å². The Labute approximate surface area is 117 Å². The van der Waals surface area contributed by atoms with Crippen LogP contribution < -0.4 is 0 Å². The number of rotatable bonds is 2. The Kier molecular flexibility index (Phi) is 2.61. The predicted molar refractivity (Wildman–Crippen MR) is 67.8 cm³/mol. The van der Waals surface area contributed by atoms with Crippen LogP contribution in [0.4, 0.5) is 17.6 Å². The summed E-state index contributed by atoms with van der Waals surface area (Å²) in [6, 6.07) is 10.6. The number of hydrogen-bond donors (Lipinski definition) is 1. The van der Waals surface area contributed by atoms with Crippen LogP contribution in [0.25, 0.3) is 10.8 Å². The second kappa shape index (κ2) is 3.96. The Hall–Kier alpha value is -2.11. The normalized spacial score (nSPS) is 26.3. The molecule has 0 spiro atoms. The van der Waals surface area contributed by atoms with Gasteiger partial charge in [-0.3, -0.25) is 4.79 Å². The molecule has 1 N–H and O–H groups in total. The van der Waals surface area contributed by atoms with Crippen LogP contribution in [-0.4, -0.2) is 22.9 Å². The molecule has 1 fully saturated rings. The van der Waals surface area contributed by atoms with Crippen LogP contribution in [0, 0.1) is 0 Å². The summed E-state index contributed by atoms with van der Waals surface area (Å²) in [5.41, 5.74) is -3.18. The summed E-state index contributed by atoms with van der Waals surface area (Å²) >= 11 is 0. The zero-order chi connectivity index (χ0) is 15.5. The fraction of sp³-hybridized carbons (Fsp3) is 0.267. The van der Waals surface area contributed by atoms with Crippen molar-refractivity contribution in [3.05, 3.63) is 48.0 Å². The molecule has 0 aromatic heterocycles. The lowest BCUT2D eigenvalue weighted by molar-refractivity contribution is -0.322. The number of halogens is 4. The molecule has 1 unspecified atom stereocenters. The van der Waals surface area contributed by atoms with Crippen molar-refractivity contribution in [2.45, 2.75) is 23.7 Å². The molecule has 2 aromatic carbocycles. The van der Waals surface area contributed by atoms with Gasteiger partial charge >= 0.3 is 17.8 Å². The Morgan fingerprint density at radius 3 is 2.14 bits per heavy atom. The van der Waals surface area contributed by atoms with Crippen molar-refractivity contribution in [2.24, 2.45) is 0 Å². The van der Waals surface area contributed by atoms with E-state index in [4.69, 9.17) is 5.11 Å². The van der Waals surface area contributed by atoms with Crippen molar-refractivity contribution >= 4 is 16.7 Å². The molecule has 0 heterocycles. The minimum atomic E-state index is -4.62. The van der Waals surface area contributed by atoms with Crippen molar-refractivity contribution in [3.63, 3.8) is 0 Å². The van der Waals surface area contributed by atoms with E-state index in [1.807, 2.05) is 0 Å². The molecule has 6 heteroatoms. The molecular formula is C15H10F4O2. The van der Waals surface area contributed by atoms with Gasteiger partial charge in [0.1, 0.15) is 0 Å². The average Bonchev–Trinajstić information content (AvgIpc) is 2.43. The first-order chi connectivity index (χ1) is 9.72. The second-order valence-corrected chi connectivity index (χ2v) is 5.23. The number of carboxylic acids is 1. The summed E-state index contributed by atoms with van der Waals surface area (Å²) < 4.78 is 54.0. The third-order valence-corrected chi connectivity index (χ3v) is 4.09. The number of carboxylic acid groups (broad SMARTS) is 1. The van der Waals surface area contributed by atoms with Crippen LogP contribution in [0.2, 0.25) is 0 Å². The van der Waals surface area contributed by atoms with E-state index in [1.165, 1.54) is 18.2 Å². The molecule has 0 saturated heterocycles. The van der Waals surface area contributed by atoms with E-state index in [0.29, 0.717) is 5.39 Å². The molecule has 1 atom stereocenters. The van der Waals surface area contributed by atoms with Crippen molar-refractivity contribution < 1.29 is 27.5 Å². The van der Waals surface area contributed by atoms with Crippen molar-refractivity contribution in [3.8, 4) is 0 Å². The molecule has 1 saturated carbocycles. The van der Waals surface area contributed by atoms with E-state index in [9.17, 15) is 22.4 Å². The van der Waals surface area contributed by atoms with E-state index in [2.05, 4.69) is 0 Å². The van der Waals surface area contributed by atoms with Gasteiger partial charge in [-0.25, -0.2) is 0 Å². The maximum Gasteiger partial charge on any atom is 0.330 e. The predicted octanol–water partition coefficient (Wildman–Crippen LogP) is 3.84. The number of carbonyl (C=O) groups is 1. The molecule has 0 aliphatic heterocycles. The Balaban J connectivity index is 2.21. The third kappa shape index (κ3) is 1.56. The van der Waals surface area contributed by atoms with E-state index < -0.39 is 29.7 Å². The van der Waals surface area contributed by atoms with Gasteiger partial charge in [-0.2, -0.15) is 17.6 Å². The van der Waals surface area contributed by atoms with Crippen molar-refractivity contribution in [1.82, 2.24) is 0 Å². The van der Waals surface area contributed by atoms with Crippen molar-refractivity contribution in [2.75, 3.05) is 0 Å². The first-order valence-corrected chi connectivity index (χ1v) is 6.21. The van der Waals surface area contributed by atoms with E-state index in [-0.39, 0.29) is 5.56 Å². The van der Waals surface area contributed by atoms with Crippen LogP contribution in [0.1, 0.15) is 12.0 Å². The highest BCUT2D eigenvalue weighted by atomic mass is 19.3. The fourth-order valence-electron chi connectivity index (χ4n) is 2.83. The number of hydrogen-bond acceptors (Lipinski definition) is 1. The van der Waals surface area contributed by atoms with E-state index in [1.54, 1.807) is 24.3 Å². The minimum absolute atomic E-state index is 0.301. The summed E-state index contributed by atoms with van der Waals surface area (Å²) in [5.74, 6) is -10.9. The quantitative estimate of drug-likeness (QED) is 0.855. The largest absolute Gasteiger partial charge is 0.480 e. The lowest BCUT2D eigenvalue weighted by Crippen LogP contribution is -2.72. The Morgan fingerprint density at radius 1 is 1.00 bits per heavy atom. The van der Waals surface area contributed by atoms with Crippen LogP contribution in [0.3, 0.4) is 0 Å². The fourth-order valence-corrected chi connectivity index (χ4v) is 2.83. The number of aliphatic carboxylic acids is 1. The Morgan fingerprint density at radius 2 is 1.62 bits per heavy atom. The molecular weight excluding hydrogens is 288 g/mol. The summed E-state index contributed by atoms with van der Waals surface area (Å²) in [4.78, 5) is 11.3. The van der Waals surface area contributed by atoms with Crippen molar-refractivity contribution in [1.29, 1.82) is 0 Å². The number of fused-ring (bicyclic) bond motifs is 1. The van der Waals surface area contributed by atoms with Gasteiger partial charge in [0.25, 0.3) is 0 Å². The molecule has 1 aliphatic carbocycles. The molecule has 2 nitrogen and oxygen atoms in total. The van der Waals surface area contributed by atoms with Crippen LogP contribution >= 0.6 is 0 Å². The lowest BCUT2D eigenvalue weighted by atomic mass is 9.58. The van der Waals surface area contributed by atoms with Crippen LogP contribution in [0.5, 0.6) is 0 Å². The summed E-state index contributed by atoms with van der Waals surface area (Å²) in [5, 5.41) is 10.4. The van der Waals surface area contributed by atoms with Crippen LogP contribution in [-0.2, 0) is 10.2 Å². The molecule has 1 aliphatic rings. The van der Waals surface area contributed by atoms with Gasteiger partial charge in [-0.1, -0.05) is 36.4 Å². The summed E-state index contributed by atoms with van der Waals surface area (Å²) in [6.45, 7) is 0. The highest BCUT2D eigenvalue weighted by Crippen LogP contribution is 2.64.